The summed E-state index contributed by atoms with van der Waals surface area (Å²) in [5.74, 6) is 1.84. The standard InChI is InChI=1S/C22H22N2OS/c1-13-2-9-19-20(10-13)26-22(24-19)15-5-7-17(8-6-15)23-21(25)18-12-14-3-4-16(18)11-14/h2,5-10,14,16,18H,3-4,11-12H2,1H3,(H,23,25)/t14-,16-,18-/m0/s1. The van der Waals surface area contributed by atoms with Crippen LogP contribution in [0.5, 0.6) is 0 Å². The zero-order chi connectivity index (χ0) is 17.7. The quantitative estimate of drug-likeness (QED) is 0.654. The van der Waals surface area contributed by atoms with E-state index < -0.39 is 0 Å². The number of aryl methyl sites for hydroxylation is 1. The number of benzene rings is 2. The van der Waals surface area contributed by atoms with Gasteiger partial charge in [0.15, 0.2) is 0 Å². The molecule has 0 radical (unpaired) electrons. The van der Waals surface area contributed by atoms with Crippen LogP contribution in [-0.2, 0) is 4.79 Å². The Bertz CT molecular complexity index is 975. The van der Waals surface area contributed by atoms with Crippen LogP contribution in [0.25, 0.3) is 20.8 Å². The third-order valence-corrected chi connectivity index (χ3v) is 7.09. The third kappa shape index (κ3) is 2.82. The number of amides is 1. The van der Waals surface area contributed by atoms with Crippen LogP contribution in [0.2, 0.25) is 0 Å². The predicted molar refractivity (Wildman–Crippen MR) is 107 cm³/mol. The molecule has 4 heteroatoms. The average molecular weight is 362 g/mol. The van der Waals surface area contributed by atoms with Crippen molar-refractivity contribution in [2.75, 3.05) is 5.32 Å². The van der Waals surface area contributed by atoms with Crippen LogP contribution in [0.3, 0.4) is 0 Å². The average Bonchev–Trinajstić information content (AvgIpc) is 3.37. The van der Waals surface area contributed by atoms with E-state index >= 15 is 0 Å². The first-order valence-electron chi connectivity index (χ1n) is 9.44. The van der Waals surface area contributed by atoms with Gasteiger partial charge in [-0.15, -0.1) is 11.3 Å². The lowest BCUT2D eigenvalue weighted by atomic mass is 9.88. The largest absolute Gasteiger partial charge is 0.326 e. The van der Waals surface area contributed by atoms with Gasteiger partial charge in [0.25, 0.3) is 0 Å². The van der Waals surface area contributed by atoms with Crippen molar-refractivity contribution in [2.45, 2.75) is 32.6 Å². The van der Waals surface area contributed by atoms with Crippen molar-refractivity contribution >= 4 is 33.1 Å². The summed E-state index contributed by atoms with van der Waals surface area (Å²) in [4.78, 5) is 17.3. The van der Waals surface area contributed by atoms with Gasteiger partial charge < -0.3 is 5.32 Å². The summed E-state index contributed by atoms with van der Waals surface area (Å²) in [6.45, 7) is 2.10. The zero-order valence-electron chi connectivity index (χ0n) is 14.9. The molecule has 3 atom stereocenters. The maximum atomic E-state index is 12.6. The maximum Gasteiger partial charge on any atom is 0.227 e. The summed E-state index contributed by atoms with van der Waals surface area (Å²) < 4.78 is 1.22. The molecular formula is C22H22N2OS. The van der Waals surface area contributed by atoms with E-state index in [1.54, 1.807) is 11.3 Å². The molecule has 2 fully saturated rings. The molecule has 2 saturated carbocycles. The molecule has 1 amide bonds. The molecule has 1 N–H and O–H groups in total. The molecule has 0 saturated heterocycles. The van der Waals surface area contributed by atoms with Crippen LogP contribution in [0.15, 0.2) is 42.5 Å². The summed E-state index contributed by atoms with van der Waals surface area (Å²) in [7, 11) is 0. The van der Waals surface area contributed by atoms with E-state index in [1.165, 1.54) is 29.5 Å². The van der Waals surface area contributed by atoms with E-state index in [9.17, 15) is 4.79 Å². The van der Waals surface area contributed by atoms with E-state index in [2.05, 4.69) is 42.6 Å². The molecule has 1 heterocycles. The first kappa shape index (κ1) is 16.0. The molecular weight excluding hydrogens is 340 g/mol. The summed E-state index contributed by atoms with van der Waals surface area (Å²) in [6, 6.07) is 14.5. The van der Waals surface area contributed by atoms with E-state index in [0.717, 1.165) is 34.1 Å². The molecule has 2 aliphatic rings. The summed E-state index contributed by atoms with van der Waals surface area (Å²) >= 11 is 1.71. The van der Waals surface area contributed by atoms with Crippen molar-refractivity contribution < 1.29 is 4.79 Å². The second-order valence-corrected chi connectivity index (χ2v) is 8.87. The van der Waals surface area contributed by atoms with Crippen LogP contribution in [0.1, 0.15) is 31.2 Å². The summed E-state index contributed by atoms with van der Waals surface area (Å²) in [6.07, 6.45) is 4.90. The Morgan fingerprint density at radius 1 is 1.12 bits per heavy atom. The van der Waals surface area contributed by atoms with Gasteiger partial charge in [-0.25, -0.2) is 4.98 Å². The molecule has 2 aromatic carbocycles. The Labute approximate surface area is 157 Å². The Hall–Kier alpha value is -2.20. The molecule has 132 valence electrons. The van der Waals surface area contributed by atoms with Gasteiger partial charge in [-0.3, -0.25) is 4.79 Å². The highest BCUT2D eigenvalue weighted by Gasteiger charge is 2.42. The fraction of sp³-hybridized carbons (Fsp3) is 0.364. The van der Waals surface area contributed by atoms with Gasteiger partial charge in [-0.1, -0.05) is 12.5 Å². The Kier molecular flexibility index (Phi) is 3.82. The zero-order valence-corrected chi connectivity index (χ0v) is 15.7. The van der Waals surface area contributed by atoms with E-state index in [-0.39, 0.29) is 11.8 Å². The Morgan fingerprint density at radius 2 is 1.96 bits per heavy atom. The summed E-state index contributed by atoms with van der Waals surface area (Å²) in [5.41, 5.74) is 4.29. The number of aromatic nitrogens is 1. The van der Waals surface area contributed by atoms with Gasteiger partial charge in [-0.2, -0.15) is 0 Å². The number of hydrogen-bond donors (Lipinski definition) is 1. The highest BCUT2D eigenvalue weighted by atomic mass is 32.1. The number of nitrogens with zero attached hydrogens (tertiary/aromatic N) is 1. The monoisotopic (exact) mass is 362 g/mol. The number of hydrogen-bond acceptors (Lipinski definition) is 3. The van der Waals surface area contributed by atoms with E-state index in [1.807, 2.05) is 12.1 Å². The fourth-order valence-corrected chi connectivity index (χ4v) is 5.72. The first-order valence-corrected chi connectivity index (χ1v) is 10.3. The van der Waals surface area contributed by atoms with Crippen molar-refractivity contribution in [2.24, 2.45) is 17.8 Å². The summed E-state index contributed by atoms with van der Waals surface area (Å²) in [5, 5.41) is 4.15. The van der Waals surface area contributed by atoms with Gasteiger partial charge in [0.1, 0.15) is 5.01 Å². The maximum absolute atomic E-state index is 12.6. The lowest BCUT2D eigenvalue weighted by molar-refractivity contribution is -0.121. The van der Waals surface area contributed by atoms with Crippen molar-refractivity contribution in [3.63, 3.8) is 0 Å². The number of anilines is 1. The number of thiazole rings is 1. The number of rotatable bonds is 3. The molecule has 5 rings (SSSR count). The van der Waals surface area contributed by atoms with Gasteiger partial charge in [0.05, 0.1) is 10.2 Å². The van der Waals surface area contributed by atoms with Crippen LogP contribution >= 0.6 is 11.3 Å². The van der Waals surface area contributed by atoms with Gasteiger partial charge in [0.2, 0.25) is 5.91 Å². The van der Waals surface area contributed by atoms with Gasteiger partial charge in [-0.05, 0) is 80.0 Å². The molecule has 26 heavy (non-hydrogen) atoms. The normalized spacial score (nSPS) is 24.3. The minimum atomic E-state index is 0.209. The lowest BCUT2D eigenvalue weighted by Gasteiger charge is -2.20. The van der Waals surface area contributed by atoms with Crippen LogP contribution in [0, 0.1) is 24.7 Å². The highest BCUT2D eigenvalue weighted by molar-refractivity contribution is 7.21. The van der Waals surface area contributed by atoms with Gasteiger partial charge >= 0.3 is 0 Å². The second kappa shape index (κ2) is 6.20. The van der Waals surface area contributed by atoms with Crippen molar-refractivity contribution in [1.29, 1.82) is 0 Å². The molecule has 0 unspecified atom stereocenters. The second-order valence-electron chi connectivity index (χ2n) is 7.84. The van der Waals surface area contributed by atoms with Crippen molar-refractivity contribution in [3.05, 3.63) is 48.0 Å². The Balaban J connectivity index is 1.32. The number of fused-ring (bicyclic) bond motifs is 3. The van der Waals surface area contributed by atoms with Crippen LogP contribution in [0.4, 0.5) is 5.69 Å². The molecule has 2 aliphatic carbocycles. The van der Waals surface area contributed by atoms with E-state index in [4.69, 9.17) is 4.98 Å². The minimum absolute atomic E-state index is 0.209. The third-order valence-electron chi connectivity index (χ3n) is 6.02. The predicted octanol–water partition coefficient (Wildman–Crippen LogP) is 5.65. The molecule has 2 bridgehead atoms. The van der Waals surface area contributed by atoms with Gasteiger partial charge in [0, 0.05) is 17.2 Å². The van der Waals surface area contributed by atoms with Crippen LogP contribution < -0.4 is 5.32 Å². The topological polar surface area (TPSA) is 42.0 Å². The van der Waals surface area contributed by atoms with E-state index in [0.29, 0.717) is 5.92 Å². The molecule has 3 nitrogen and oxygen atoms in total. The van der Waals surface area contributed by atoms with Crippen LogP contribution in [-0.4, -0.2) is 10.9 Å². The van der Waals surface area contributed by atoms with Crippen molar-refractivity contribution in [1.82, 2.24) is 4.98 Å². The number of nitrogens with one attached hydrogen (secondary N) is 1. The Morgan fingerprint density at radius 3 is 2.69 bits per heavy atom. The smallest absolute Gasteiger partial charge is 0.227 e. The fourth-order valence-electron chi connectivity index (χ4n) is 4.65. The first-order chi connectivity index (χ1) is 12.7. The number of carbonyl (C=O) groups is 1. The number of carbonyl (C=O) groups excluding carboxylic acids is 1. The lowest BCUT2D eigenvalue weighted by Crippen LogP contribution is -2.27. The van der Waals surface area contributed by atoms with Crippen molar-refractivity contribution in [3.8, 4) is 10.6 Å². The minimum Gasteiger partial charge on any atom is -0.326 e. The molecule has 1 aromatic heterocycles. The SMILES string of the molecule is Cc1ccc2nc(-c3ccc(NC(=O)[C@H]4C[C@H]5CC[C@H]4C5)cc3)sc2c1. The molecule has 0 aliphatic heterocycles. The highest BCUT2D eigenvalue weighted by Crippen LogP contribution is 2.48. The molecule has 3 aromatic rings. The molecule has 0 spiro atoms.